The van der Waals surface area contributed by atoms with E-state index in [9.17, 15) is 22.3 Å². The van der Waals surface area contributed by atoms with Gasteiger partial charge in [-0.2, -0.15) is 9.29 Å². The first-order chi connectivity index (χ1) is 18.8. The topological polar surface area (TPSA) is 107 Å². The van der Waals surface area contributed by atoms with E-state index < -0.39 is 27.8 Å². The van der Waals surface area contributed by atoms with Crippen LogP contribution in [0.1, 0.15) is 24.5 Å². The normalized spacial score (nSPS) is 15.6. The molecule has 1 aliphatic rings. The summed E-state index contributed by atoms with van der Waals surface area (Å²) in [5.41, 5.74) is 1.74. The smallest absolute Gasteiger partial charge is 0.243 e. The van der Waals surface area contributed by atoms with Gasteiger partial charge in [-0.05, 0) is 66.8 Å². The first-order valence-corrected chi connectivity index (χ1v) is 13.9. The Hall–Kier alpha value is -3.93. The van der Waals surface area contributed by atoms with Crippen LogP contribution < -0.4 is 10.6 Å². The predicted octanol–water partition coefficient (Wildman–Crippen LogP) is 5.38. The molecule has 0 spiro atoms. The van der Waals surface area contributed by atoms with E-state index in [4.69, 9.17) is 0 Å². The molecule has 0 saturated carbocycles. The van der Waals surface area contributed by atoms with Gasteiger partial charge in [0.25, 0.3) is 0 Å². The number of hydrogen-bond acceptors (Lipinski definition) is 7. The third kappa shape index (κ3) is 6.22. The van der Waals surface area contributed by atoms with Gasteiger partial charge in [0, 0.05) is 36.7 Å². The number of nitrogens with zero attached hydrogens (tertiary/aromatic N) is 3. The summed E-state index contributed by atoms with van der Waals surface area (Å²) in [5, 5.41) is 16.6. The van der Waals surface area contributed by atoms with Crippen molar-refractivity contribution in [3.8, 4) is 0 Å². The van der Waals surface area contributed by atoms with Crippen LogP contribution in [-0.4, -0.2) is 40.9 Å². The molecule has 5 rings (SSSR count). The van der Waals surface area contributed by atoms with Gasteiger partial charge < -0.3 is 15.7 Å². The van der Waals surface area contributed by atoms with Gasteiger partial charge >= 0.3 is 0 Å². The zero-order valence-electron chi connectivity index (χ0n) is 20.8. The molecule has 0 amide bonds. The van der Waals surface area contributed by atoms with Gasteiger partial charge in [0.05, 0.1) is 11.0 Å². The summed E-state index contributed by atoms with van der Waals surface area (Å²) in [6, 6.07) is 20.7. The van der Waals surface area contributed by atoms with Crippen LogP contribution >= 0.6 is 0 Å². The monoisotopic (exact) mass is 551 g/mol. The fourth-order valence-corrected chi connectivity index (χ4v) is 6.02. The van der Waals surface area contributed by atoms with Gasteiger partial charge in [-0.25, -0.2) is 22.2 Å². The number of piperidine rings is 1. The minimum atomic E-state index is -3.69. The largest absolute Gasteiger partial charge is 0.388 e. The van der Waals surface area contributed by atoms with Crippen LogP contribution in [0.2, 0.25) is 0 Å². The average molecular weight is 552 g/mol. The minimum Gasteiger partial charge on any atom is -0.388 e. The highest BCUT2D eigenvalue weighted by atomic mass is 32.2. The van der Waals surface area contributed by atoms with E-state index in [0.717, 1.165) is 17.7 Å². The standard InChI is InChI=1S/C28H27F2N5O3S/c29-24-11-8-22(18-25(24)30)32-26-12-15-31-28(34-26)33-21-6-9-23(10-7-21)39(37,38)35-16-13-20(14-17-35)27(36)19-4-2-1-3-5-19/h1-12,15,18,20,27,36H,13-14,16-17H2,(H2,31,32,33,34). The molecule has 1 fully saturated rings. The van der Waals surface area contributed by atoms with Gasteiger partial charge in [0.15, 0.2) is 11.6 Å². The quantitative estimate of drug-likeness (QED) is 0.270. The highest BCUT2D eigenvalue weighted by Gasteiger charge is 2.32. The van der Waals surface area contributed by atoms with Crippen molar-refractivity contribution in [2.24, 2.45) is 5.92 Å². The molecule has 1 saturated heterocycles. The third-order valence-electron chi connectivity index (χ3n) is 6.68. The van der Waals surface area contributed by atoms with Crippen LogP contribution in [0.25, 0.3) is 0 Å². The summed E-state index contributed by atoms with van der Waals surface area (Å²) < 4.78 is 54.6. The molecular weight excluding hydrogens is 524 g/mol. The van der Waals surface area contributed by atoms with Crippen LogP contribution in [0.3, 0.4) is 0 Å². The Bertz CT molecular complexity index is 1530. The molecule has 202 valence electrons. The second-order valence-electron chi connectivity index (χ2n) is 9.27. The molecular formula is C28H27F2N5O3S. The number of aliphatic hydroxyl groups is 1. The molecule has 11 heteroatoms. The minimum absolute atomic E-state index is 0.00207. The summed E-state index contributed by atoms with van der Waals surface area (Å²) in [7, 11) is -3.69. The van der Waals surface area contributed by atoms with E-state index in [-0.39, 0.29) is 16.8 Å². The summed E-state index contributed by atoms with van der Waals surface area (Å²) >= 11 is 0. The second kappa shape index (κ2) is 11.4. The van der Waals surface area contributed by atoms with Gasteiger partial charge in [-0.15, -0.1) is 0 Å². The summed E-state index contributed by atoms with van der Waals surface area (Å²) in [6.07, 6.45) is 2.02. The van der Waals surface area contributed by atoms with Crippen LogP contribution in [0.15, 0.2) is 90.0 Å². The summed E-state index contributed by atoms with van der Waals surface area (Å²) in [6.45, 7) is 0.672. The lowest BCUT2D eigenvalue weighted by atomic mass is 9.88. The molecule has 8 nitrogen and oxygen atoms in total. The van der Waals surface area contributed by atoms with Gasteiger partial charge in [0.2, 0.25) is 16.0 Å². The number of rotatable bonds is 8. The van der Waals surface area contributed by atoms with E-state index in [1.807, 2.05) is 30.3 Å². The van der Waals surface area contributed by atoms with E-state index >= 15 is 0 Å². The maximum absolute atomic E-state index is 13.5. The predicted molar refractivity (Wildman–Crippen MR) is 144 cm³/mol. The molecule has 4 aromatic rings. The molecule has 1 aliphatic heterocycles. The Labute approximate surface area is 225 Å². The third-order valence-corrected chi connectivity index (χ3v) is 8.59. The number of halogens is 2. The number of aromatic nitrogens is 2. The number of benzene rings is 3. The molecule has 39 heavy (non-hydrogen) atoms. The summed E-state index contributed by atoms with van der Waals surface area (Å²) in [4.78, 5) is 8.63. The lowest BCUT2D eigenvalue weighted by Gasteiger charge is -2.33. The zero-order valence-corrected chi connectivity index (χ0v) is 21.7. The molecule has 2 heterocycles. The molecule has 0 radical (unpaired) electrons. The number of aliphatic hydroxyl groups excluding tert-OH is 1. The van der Waals surface area contributed by atoms with E-state index in [2.05, 4.69) is 20.6 Å². The second-order valence-corrected chi connectivity index (χ2v) is 11.2. The first-order valence-electron chi connectivity index (χ1n) is 12.4. The number of anilines is 4. The van der Waals surface area contributed by atoms with Crippen molar-refractivity contribution >= 4 is 33.2 Å². The molecule has 1 aromatic heterocycles. The van der Waals surface area contributed by atoms with Crippen LogP contribution in [0.4, 0.5) is 31.9 Å². The highest BCUT2D eigenvalue weighted by molar-refractivity contribution is 7.89. The zero-order chi connectivity index (χ0) is 27.4. The molecule has 1 unspecified atom stereocenters. The van der Waals surface area contributed by atoms with Crippen molar-refractivity contribution in [3.63, 3.8) is 0 Å². The van der Waals surface area contributed by atoms with E-state index in [1.165, 1.54) is 28.7 Å². The Morgan fingerprint density at radius 1 is 0.872 bits per heavy atom. The van der Waals surface area contributed by atoms with E-state index in [1.54, 1.807) is 18.2 Å². The van der Waals surface area contributed by atoms with Crippen molar-refractivity contribution in [1.29, 1.82) is 0 Å². The number of sulfonamides is 1. The number of hydrogen-bond donors (Lipinski definition) is 3. The first kappa shape index (κ1) is 26.7. The Balaban J connectivity index is 1.20. The Morgan fingerprint density at radius 3 is 2.26 bits per heavy atom. The van der Waals surface area contributed by atoms with Gasteiger partial charge in [-0.3, -0.25) is 0 Å². The van der Waals surface area contributed by atoms with E-state index in [0.29, 0.717) is 43.1 Å². The lowest BCUT2D eigenvalue weighted by molar-refractivity contribution is 0.0760. The average Bonchev–Trinajstić information content (AvgIpc) is 2.96. The molecule has 1 atom stereocenters. The maximum atomic E-state index is 13.5. The SMILES string of the molecule is O=S(=O)(c1ccc(Nc2nccc(Nc3ccc(F)c(F)c3)n2)cc1)N1CCC(C(O)c2ccccc2)CC1. The van der Waals surface area contributed by atoms with Gasteiger partial charge in [0.1, 0.15) is 5.82 Å². The molecule has 0 aliphatic carbocycles. The van der Waals surface area contributed by atoms with Crippen molar-refractivity contribution in [3.05, 3.63) is 102 Å². The van der Waals surface area contributed by atoms with Crippen molar-refractivity contribution < 1.29 is 22.3 Å². The molecule has 3 aromatic carbocycles. The van der Waals surface area contributed by atoms with Crippen LogP contribution in [0, 0.1) is 17.6 Å². The lowest BCUT2D eigenvalue weighted by Crippen LogP contribution is -2.39. The number of nitrogens with one attached hydrogen (secondary N) is 2. The van der Waals surface area contributed by atoms with Crippen molar-refractivity contribution in [2.45, 2.75) is 23.8 Å². The van der Waals surface area contributed by atoms with Gasteiger partial charge in [-0.1, -0.05) is 30.3 Å². The molecule has 3 N–H and O–H groups in total. The molecule has 0 bridgehead atoms. The maximum Gasteiger partial charge on any atom is 0.243 e. The van der Waals surface area contributed by atoms with Crippen LogP contribution in [0.5, 0.6) is 0 Å². The Kier molecular flexibility index (Phi) is 7.82. The Morgan fingerprint density at radius 2 is 1.56 bits per heavy atom. The fourth-order valence-electron chi connectivity index (χ4n) is 4.55. The summed E-state index contributed by atoms with van der Waals surface area (Å²) in [5.74, 6) is -1.33. The van der Waals surface area contributed by atoms with Crippen molar-refractivity contribution in [1.82, 2.24) is 14.3 Å². The fraction of sp³-hybridized carbons (Fsp3) is 0.214. The van der Waals surface area contributed by atoms with Crippen LogP contribution in [-0.2, 0) is 10.0 Å². The highest BCUT2D eigenvalue weighted by Crippen LogP contribution is 2.33. The van der Waals surface area contributed by atoms with Crippen molar-refractivity contribution in [2.75, 3.05) is 23.7 Å².